The summed E-state index contributed by atoms with van der Waals surface area (Å²) in [7, 11) is -1.01. The minimum atomic E-state index is -2.59. The number of methoxy groups -OCH3 is 1. The molecule has 3 rings (SSSR count). The van der Waals surface area contributed by atoms with E-state index in [4.69, 9.17) is 18.6 Å². The van der Waals surface area contributed by atoms with Crippen LogP contribution in [-0.4, -0.2) is 69.1 Å². The molecule has 1 heterocycles. The Balaban J connectivity index is 1.69. The largest absolute Gasteiger partial charge is 0.404 e. The summed E-state index contributed by atoms with van der Waals surface area (Å²) in [5, 5.41) is 23.2. The maximum absolute atomic E-state index is 11.2. The summed E-state index contributed by atoms with van der Waals surface area (Å²) < 4.78 is 23.8. The van der Waals surface area contributed by atoms with Gasteiger partial charge in [-0.25, -0.2) is 0 Å². The molecule has 40 heavy (non-hydrogen) atoms. The average molecular weight is 571 g/mol. The van der Waals surface area contributed by atoms with Gasteiger partial charge in [-0.15, -0.1) is 0 Å². The lowest BCUT2D eigenvalue weighted by Crippen LogP contribution is -2.66. The van der Waals surface area contributed by atoms with Crippen molar-refractivity contribution in [3.05, 3.63) is 72.3 Å². The Morgan fingerprint density at radius 2 is 1.62 bits per heavy atom. The first-order chi connectivity index (χ1) is 18.9. The topological polar surface area (TPSA) is 80.7 Å². The Labute approximate surface area is 242 Å². The van der Waals surface area contributed by atoms with Gasteiger partial charge in [-0.2, -0.15) is 0 Å². The number of allylic oxidation sites excluding steroid dienone is 1. The van der Waals surface area contributed by atoms with Crippen LogP contribution in [0.4, 0.5) is 0 Å². The van der Waals surface area contributed by atoms with Crippen molar-refractivity contribution in [2.75, 3.05) is 27.1 Å². The molecule has 0 bridgehead atoms. The van der Waals surface area contributed by atoms with Crippen LogP contribution in [0, 0.1) is 0 Å². The lowest BCUT2D eigenvalue weighted by atomic mass is 9.87. The molecule has 0 aliphatic carbocycles. The number of benzene rings is 2. The molecule has 0 spiro atoms. The van der Waals surface area contributed by atoms with Gasteiger partial charge >= 0.3 is 0 Å². The quantitative estimate of drug-likeness (QED) is 0.129. The number of hydrogen-bond acceptors (Lipinski definition) is 6. The number of ether oxygens (including phenoxy) is 3. The number of aliphatic hydroxyl groups is 2. The highest BCUT2D eigenvalue weighted by atomic mass is 28.4. The summed E-state index contributed by atoms with van der Waals surface area (Å²) in [6, 6.07) is 21.3. The van der Waals surface area contributed by atoms with Gasteiger partial charge in [0.1, 0.15) is 12.4 Å². The molecule has 0 aromatic heterocycles. The van der Waals surface area contributed by atoms with Crippen LogP contribution in [0.25, 0.3) is 0 Å². The highest BCUT2D eigenvalue weighted by Gasteiger charge is 2.52. The molecule has 222 valence electrons. The zero-order valence-corrected chi connectivity index (χ0v) is 26.5. The smallest absolute Gasteiger partial charge is 0.261 e. The summed E-state index contributed by atoms with van der Waals surface area (Å²) in [6.45, 7) is 13.4. The minimum Gasteiger partial charge on any atom is -0.404 e. The number of hydrogen-bond donors (Lipinski definition) is 2. The summed E-state index contributed by atoms with van der Waals surface area (Å²) in [6.07, 6.45) is 4.06. The van der Waals surface area contributed by atoms with Crippen molar-refractivity contribution in [2.45, 2.75) is 95.7 Å². The Bertz CT molecular complexity index is 1030. The molecule has 4 atom stereocenters. The highest BCUT2D eigenvalue weighted by molar-refractivity contribution is 6.99. The Morgan fingerprint density at radius 1 is 1.05 bits per heavy atom. The molecule has 1 aliphatic rings. The summed E-state index contributed by atoms with van der Waals surface area (Å²) in [5.41, 5.74) is -0.0777. The van der Waals surface area contributed by atoms with Crippen molar-refractivity contribution in [1.29, 1.82) is 0 Å². The van der Waals surface area contributed by atoms with Crippen molar-refractivity contribution < 1.29 is 28.8 Å². The maximum atomic E-state index is 11.2. The van der Waals surface area contributed by atoms with Gasteiger partial charge in [-0.05, 0) is 61.9 Å². The summed E-state index contributed by atoms with van der Waals surface area (Å²) in [4.78, 5) is 0. The normalized spacial score (nSPS) is 22.1. The number of epoxide rings is 1. The molecule has 2 N–H and O–H groups in total. The molecule has 0 saturated carbocycles. The first-order valence-electron chi connectivity index (χ1n) is 14.4. The van der Waals surface area contributed by atoms with E-state index in [1.165, 1.54) is 15.9 Å². The highest BCUT2D eigenvalue weighted by Crippen LogP contribution is 2.41. The first-order valence-corrected chi connectivity index (χ1v) is 16.3. The zero-order valence-electron chi connectivity index (χ0n) is 25.5. The fraction of sp³-hybridized carbons (Fsp3) is 0.576. The first kappa shape index (κ1) is 32.7. The third kappa shape index (κ3) is 7.71. The summed E-state index contributed by atoms with van der Waals surface area (Å²) in [5.74, 6) is 0. The molecule has 7 heteroatoms. The van der Waals surface area contributed by atoms with Gasteiger partial charge in [0, 0.05) is 7.11 Å². The van der Waals surface area contributed by atoms with Crippen LogP contribution >= 0.6 is 0 Å². The number of aliphatic hydroxyl groups excluding tert-OH is 2. The van der Waals surface area contributed by atoms with Crippen molar-refractivity contribution >= 4 is 18.7 Å². The van der Waals surface area contributed by atoms with Gasteiger partial charge in [-0.3, -0.25) is 0 Å². The lowest BCUT2D eigenvalue weighted by Gasteiger charge is -2.42. The molecule has 0 unspecified atom stereocenters. The van der Waals surface area contributed by atoms with Crippen molar-refractivity contribution in [3.8, 4) is 0 Å². The van der Waals surface area contributed by atoms with E-state index in [2.05, 4.69) is 94.4 Å². The molecule has 2 aromatic carbocycles. The van der Waals surface area contributed by atoms with Crippen LogP contribution in [0.3, 0.4) is 0 Å². The molecule has 1 aliphatic heterocycles. The van der Waals surface area contributed by atoms with Crippen molar-refractivity contribution in [3.63, 3.8) is 0 Å². The molecule has 2 aromatic rings. The second-order valence-corrected chi connectivity index (χ2v) is 16.9. The van der Waals surface area contributed by atoms with Crippen LogP contribution in [0.1, 0.15) is 67.2 Å². The van der Waals surface area contributed by atoms with E-state index in [9.17, 15) is 10.2 Å². The Hall–Kier alpha value is -1.84. The molecule has 0 amide bonds. The van der Waals surface area contributed by atoms with Crippen LogP contribution in [0.5, 0.6) is 0 Å². The van der Waals surface area contributed by atoms with E-state index >= 15 is 0 Å². The molecular formula is C33H50O6Si. The predicted molar refractivity (Wildman–Crippen MR) is 164 cm³/mol. The second kappa shape index (κ2) is 13.9. The van der Waals surface area contributed by atoms with Crippen molar-refractivity contribution in [1.82, 2.24) is 0 Å². The fourth-order valence-corrected chi connectivity index (χ4v) is 10.1. The van der Waals surface area contributed by atoms with Crippen LogP contribution in [0.2, 0.25) is 5.04 Å². The fourth-order valence-electron chi connectivity index (χ4n) is 5.58. The second-order valence-electron chi connectivity index (χ2n) is 12.6. The SMILES string of the molecule is COCO[C@@](C)(CC[C@H]1O[C@]1(C)CO)[C@H](O)CC/C(C)=C/CO[Si](c1ccccc1)(c1ccccc1)C(C)(C)C. The number of rotatable bonds is 16. The van der Waals surface area contributed by atoms with Gasteiger partial charge in [-0.1, -0.05) is 93.1 Å². The Kier molecular flexibility index (Phi) is 11.3. The van der Waals surface area contributed by atoms with Gasteiger partial charge in [0.25, 0.3) is 8.32 Å². The average Bonchev–Trinajstić information content (AvgIpc) is 3.62. The molecule has 6 nitrogen and oxygen atoms in total. The predicted octanol–water partition coefficient (Wildman–Crippen LogP) is 4.96. The van der Waals surface area contributed by atoms with Gasteiger partial charge in [0.2, 0.25) is 0 Å². The lowest BCUT2D eigenvalue weighted by molar-refractivity contribution is -0.174. The third-order valence-electron chi connectivity index (χ3n) is 8.42. The van der Waals surface area contributed by atoms with Crippen LogP contribution in [0.15, 0.2) is 72.3 Å². The van der Waals surface area contributed by atoms with Crippen LogP contribution in [-0.2, 0) is 18.6 Å². The standard InChI is InChI=1S/C33H50O6Si/c1-26(18-19-29(35)32(5,37-25-36-7)22-20-30-33(6,24-34)39-30)21-23-38-40(31(2,3)4,27-14-10-8-11-15-27)28-16-12-9-13-17-28/h8-17,21,29-30,34-35H,18-20,22-25H2,1-7H3/b26-21+/t29-,30-,32+,33-/m1/s1. The summed E-state index contributed by atoms with van der Waals surface area (Å²) >= 11 is 0. The van der Waals surface area contributed by atoms with Gasteiger partial charge in [0.15, 0.2) is 0 Å². The van der Waals surface area contributed by atoms with E-state index < -0.39 is 25.6 Å². The van der Waals surface area contributed by atoms with E-state index in [1.807, 2.05) is 13.8 Å². The minimum absolute atomic E-state index is 0.00414. The van der Waals surface area contributed by atoms with Gasteiger partial charge in [0.05, 0.1) is 31.0 Å². The monoisotopic (exact) mass is 570 g/mol. The Morgan fingerprint density at radius 3 is 2.10 bits per heavy atom. The molecule has 1 saturated heterocycles. The molecular weight excluding hydrogens is 520 g/mol. The molecule has 1 fully saturated rings. The van der Waals surface area contributed by atoms with Crippen LogP contribution < -0.4 is 10.4 Å². The molecule has 0 radical (unpaired) electrons. The van der Waals surface area contributed by atoms with E-state index in [0.717, 1.165) is 6.42 Å². The maximum Gasteiger partial charge on any atom is 0.261 e. The zero-order chi connectivity index (χ0) is 29.4. The van der Waals surface area contributed by atoms with Crippen molar-refractivity contribution in [2.24, 2.45) is 0 Å². The van der Waals surface area contributed by atoms with E-state index in [0.29, 0.717) is 25.9 Å². The third-order valence-corrected chi connectivity index (χ3v) is 13.4. The van der Waals surface area contributed by atoms with E-state index in [1.54, 1.807) is 7.11 Å². The van der Waals surface area contributed by atoms with E-state index in [-0.39, 0.29) is 24.5 Å². The van der Waals surface area contributed by atoms with Gasteiger partial charge < -0.3 is 28.8 Å².